The Morgan fingerprint density at radius 1 is 1.20 bits per heavy atom. The maximum atomic E-state index is 12.8. The molecule has 0 spiro atoms. The highest BCUT2D eigenvalue weighted by molar-refractivity contribution is 5.79. The van der Waals surface area contributed by atoms with E-state index in [9.17, 15) is 9.59 Å². The van der Waals surface area contributed by atoms with Crippen molar-refractivity contribution < 1.29 is 14.3 Å². The van der Waals surface area contributed by atoms with Crippen LogP contribution in [0.2, 0.25) is 0 Å². The molecule has 5 nitrogen and oxygen atoms in total. The van der Waals surface area contributed by atoms with Gasteiger partial charge in [-0.2, -0.15) is 0 Å². The Balaban J connectivity index is 1.42. The number of nitrogens with zero attached hydrogens (tertiary/aromatic N) is 2. The minimum absolute atomic E-state index is 0.204. The summed E-state index contributed by atoms with van der Waals surface area (Å²) >= 11 is 0. The fourth-order valence-corrected chi connectivity index (χ4v) is 4.84. The molecule has 3 aliphatic rings. The third-order valence-electron chi connectivity index (χ3n) is 6.05. The van der Waals surface area contributed by atoms with E-state index in [2.05, 4.69) is 4.90 Å². The molecule has 2 amide bonds. The van der Waals surface area contributed by atoms with Gasteiger partial charge in [-0.05, 0) is 48.8 Å². The van der Waals surface area contributed by atoms with Crippen LogP contribution in [0, 0.1) is 11.8 Å². The van der Waals surface area contributed by atoms with Gasteiger partial charge in [0, 0.05) is 32.1 Å². The van der Waals surface area contributed by atoms with Crippen LogP contribution in [0.1, 0.15) is 31.2 Å². The minimum atomic E-state index is 0.204. The molecule has 0 aliphatic carbocycles. The maximum Gasteiger partial charge on any atom is 0.227 e. The number of amides is 2. The van der Waals surface area contributed by atoms with Crippen molar-refractivity contribution in [2.24, 2.45) is 11.8 Å². The van der Waals surface area contributed by atoms with E-state index in [0.29, 0.717) is 36.6 Å². The molecule has 0 radical (unpaired) electrons. The van der Waals surface area contributed by atoms with E-state index < -0.39 is 0 Å². The van der Waals surface area contributed by atoms with Crippen molar-refractivity contribution in [3.8, 4) is 5.75 Å². The van der Waals surface area contributed by atoms with Crippen LogP contribution in [0.15, 0.2) is 24.3 Å². The Bertz CT molecular complexity index is 657. The van der Waals surface area contributed by atoms with Crippen molar-refractivity contribution in [1.82, 2.24) is 9.80 Å². The monoisotopic (exact) mass is 342 g/mol. The highest BCUT2D eigenvalue weighted by Crippen LogP contribution is 2.38. The molecule has 0 N–H and O–H groups in total. The van der Waals surface area contributed by atoms with Gasteiger partial charge < -0.3 is 14.5 Å². The zero-order valence-corrected chi connectivity index (χ0v) is 14.8. The maximum absolute atomic E-state index is 12.8. The van der Waals surface area contributed by atoms with Crippen molar-refractivity contribution in [3.05, 3.63) is 29.8 Å². The predicted molar refractivity (Wildman–Crippen MR) is 94.2 cm³/mol. The number of rotatable bonds is 3. The first-order valence-corrected chi connectivity index (χ1v) is 9.34. The van der Waals surface area contributed by atoms with E-state index in [1.807, 2.05) is 29.2 Å². The van der Waals surface area contributed by atoms with E-state index in [-0.39, 0.29) is 5.91 Å². The summed E-state index contributed by atoms with van der Waals surface area (Å²) in [5, 5.41) is 0. The quantitative estimate of drug-likeness (QED) is 0.845. The van der Waals surface area contributed by atoms with Crippen LogP contribution >= 0.6 is 0 Å². The summed E-state index contributed by atoms with van der Waals surface area (Å²) in [6, 6.07) is 8.08. The molecule has 2 bridgehead atoms. The fourth-order valence-electron chi connectivity index (χ4n) is 4.84. The second kappa shape index (κ2) is 6.70. The van der Waals surface area contributed by atoms with Gasteiger partial charge in [-0.15, -0.1) is 0 Å². The first kappa shape index (κ1) is 16.4. The summed E-state index contributed by atoms with van der Waals surface area (Å²) in [6.07, 6.45) is 4.41. The highest BCUT2D eigenvalue weighted by Gasteiger charge is 2.44. The minimum Gasteiger partial charge on any atom is -0.497 e. The van der Waals surface area contributed by atoms with Crippen LogP contribution in [-0.2, 0) is 16.0 Å². The molecule has 0 aromatic heterocycles. The normalized spacial score (nSPS) is 28.5. The largest absolute Gasteiger partial charge is 0.497 e. The zero-order valence-electron chi connectivity index (χ0n) is 14.8. The average molecular weight is 342 g/mol. The topological polar surface area (TPSA) is 49.9 Å². The van der Waals surface area contributed by atoms with E-state index in [1.54, 1.807) is 7.11 Å². The number of methoxy groups -OCH3 is 1. The number of fused-ring (bicyclic) bond motifs is 4. The van der Waals surface area contributed by atoms with Crippen molar-refractivity contribution in [2.45, 2.75) is 38.1 Å². The molecule has 1 aromatic rings. The molecule has 3 fully saturated rings. The third kappa shape index (κ3) is 3.24. The standard InChI is InChI=1S/C20H26N2O3/c1-25-17-7-5-14(6-8-17)10-20(24)21-11-15-9-16(13-21)18-3-2-4-19(23)22(18)12-15/h5-8,15-16,18H,2-4,9-13H2,1H3/t15-,16-,18-/m1/s1. The first-order valence-electron chi connectivity index (χ1n) is 9.34. The first-order chi connectivity index (χ1) is 12.1. The lowest BCUT2D eigenvalue weighted by atomic mass is 9.76. The number of carbonyl (C=O) groups is 2. The molecular weight excluding hydrogens is 316 g/mol. The van der Waals surface area contributed by atoms with Gasteiger partial charge in [-0.3, -0.25) is 9.59 Å². The van der Waals surface area contributed by atoms with E-state index in [0.717, 1.165) is 43.8 Å². The Morgan fingerprint density at radius 3 is 2.76 bits per heavy atom. The van der Waals surface area contributed by atoms with Gasteiger partial charge in [0.2, 0.25) is 11.8 Å². The number of ether oxygens (including phenoxy) is 1. The highest BCUT2D eigenvalue weighted by atomic mass is 16.5. The molecule has 0 unspecified atom stereocenters. The summed E-state index contributed by atoms with van der Waals surface area (Å²) < 4.78 is 5.17. The van der Waals surface area contributed by atoms with Gasteiger partial charge in [0.15, 0.2) is 0 Å². The van der Waals surface area contributed by atoms with Crippen LogP contribution in [-0.4, -0.2) is 54.4 Å². The molecule has 1 aromatic carbocycles. The van der Waals surface area contributed by atoms with Crippen molar-refractivity contribution in [2.75, 3.05) is 26.7 Å². The van der Waals surface area contributed by atoms with Gasteiger partial charge in [-0.25, -0.2) is 0 Å². The Hall–Kier alpha value is -2.04. The van der Waals surface area contributed by atoms with Crippen LogP contribution in [0.5, 0.6) is 5.75 Å². The zero-order chi connectivity index (χ0) is 17.4. The number of hydrogen-bond acceptors (Lipinski definition) is 3. The predicted octanol–water partition coefficient (Wildman–Crippen LogP) is 2.10. The van der Waals surface area contributed by atoms with Crippen molar-refractivity contribution in [1.29, 1.82) is 0 Å². The SMILES string of the molecule is COc1ccc(CC(=O)N2C[C@H]3C[C@H](C2)[C@H]2CCCC(=O)N2C3)cc1. The van der Waals surface area contributed by atoms with Gasteiger partial charge in [0.1, 0.15) is 5.75 Å². The smallest absolute Gasteiger partial charge is 0.227 e. The lowest BCUT2D eigenvalue weighted by molar-refractivity contribution is -0.148. The van der Waals surface area contributed by atoms with Gasteiger partial charge in [-0.1, -0.05) is 12.1 Å². The van der Waals surface area contributed by atoms with E-state index >= 15 is 0 Å². The third-order valence-corrected chi connectivity index (χ3v) is 6.05. The summed E-state index contributed by atoms with van der Waals surface area (Å²) in [5.74, 6) is 2.23. The lowest BCUT2D eigenvalue weighted by Gasteiger charge is -2.52. The molecule has 0 saturated carbocycles. The van der Waals surface area contributed by atoms with Gasteiger partial charge >= 0.3 is 0 Å². The molecule has 3 atom stereocenters. The Morgan fingerprint density at radius 2 is 2.00 bits per heavy atom. The number of likely N-dealkylation sites (tertiary alicyclic amines) is 1. The molecule has 25 heavy (non-hydrogen) atoms. The van der Waals surface area contributed by atoms with Crippen LogP contribution < -0.4 is 4.74 Å². The lowest BCUT2D eigenvalue weighted by Crippen LogP contribution is -2.61. The summed E-state index contributed by atoms with van der Waals surface area (Å²) in [5.41, 5.74) is 1.02. The second-order valence-electron chi connectivity index (χ2n) is 7.69. The van der Waals surface area contributed by atoms with E-state index in [1.165, 1.54) is 6.42 Å². The summed E-state index contributed by atoms with van der Waals surface area (Å²) in [6.45, 7) is 2.44. The number of hydrogen-bond donors (Lipinski definition) is 0. The summed E-state index contributed by atoms with van der Waals surface area (Å²) in [4.78, 5) is 29.2. The Kier molecular flexibility index (Phi) is 4.40. The number of carbonyl (C=O) groups excluding carboxylic acids is 2. The molecule has 134 valence electrons. The fraction of sp³-hybridized carbons (Fsp3) is 0.600. The molecule has 3 heterocycles. The molecular formula is C20H26N2O3. The van der Waals surface area contributed by atoms with Gasteiger partial charge in [0.05, 0.1) is 13.5 Å². The number of benzene rings is 1. The van der Waals surface area contributed by atoms with Crippen LogP contribution in [0.25, 0.3) is 0 Å². The molecule has 4 rings (SSSR count). The second-order valence-corrected chi connectivity index (χ2v) is 7.69. The number of piperidine rings is 3. The van der Waals surface area contributed by atoms with Crippen LogP contribution in [0.4, 0.5) is 0 Å². The van der Waals surface area contributed by atoms with Crippen molar-refractivity contribution in [3.63, 3.8) is 0 Å². The van der Waals surface area contributed by atoms with Crippen molar-refractivity contribution >= 4 is 11.8 Å². The molecule has 3 aliphatic heterocycles. The molecule has 5 heteroatoms. The summed E-state index contributed by atoms with van der Waals surface area (Å²) in [7, 11) is 1.64. The van der Waals surface area contributed by atoms with Crippen LogP contribution in [0.3, 0.4) is 0 Å². The Labute approximate surface area is 148 Å². The van der Waals surface area contributed by atoms with Gasteiger partial charge in [0.25, 0.3) is 0 Å². The molecule has 3 saturated heterocycles. The van der Waals surface area contributed by atoms with E-state index in [4.69, 9.17) is 4.74 Å². The average Bonchev–Trinajstić information content (AvgIpc) is 2.63.